The van der Waals surface area contributed by atoms with Crippen LogP contribution in [0.5, 0.6) is 23.0 Å². The minimum Gasteiger partial charge on any atom is -0.497 e. The quantitative estimate of drug-likeness (QED) is 0.372. The predicted molar refractivity (Wildman–Crippen MR) is 141 cm³/mol. The van der Waals surface area contributed by atoms with Crippen molar-refractivity contribution in [2.75, 3.05) is 33.7 Å². The third kappa shape index (κ3) is 6.12. The number of thioether (sulfide) groups is 1. The van der Waals surface area contributed by atoms with E-state index in [1.54, 1.807) is 25.3 Å². The number of rotatable bonds is 9. The van der Waals surface area contributed by atoms with Crippen LogP contribution in [0.1, 0.15) is 12.0 Å². The maximum Gasteiger partial charge on any atom is 0.283 e. The summed E-state index contributed by atoms with van der Waals surface area (Å²) in [5.74, 6) is 1.52. The lowest BCUT2D eigenvalue weighted by atomic mass is 10.1. The van der Waals surface area contributed by atoms with Gasteiger partial charge in [-0.2, -0.15) is 10.0 Å². The third-order valence-corrected chi connectivity index (χ3v) is 7.70. The minimum atomic E-state index is -3.60. The molecule has 0 unspecified atom stereocenters. The van der Waals surface area contributed by atoms with Crippen molar-refractivity contribution < 1.29 is 32.2 Å². The van der Waals surface area contributed by atoms with Crippen LogP contribution < -0.4 is 18.9 Å². The zero-order valence-electron chi connectivity index (χ0n) is 20.3. The van der Waals surface area contributed by atoms with Gasteiger partial charge in [0.15, 0.2) is 17.3 Å². The van der Waals surface area contributed by atoms with Crippen LogP contribution in [0.3, 0.4) is 0 Å². The molecule has 2 aliphatic rings. The summed E-state index contributed by atoms with van der Waals surface area (Å²) < 4.78 is 45.5. The number of methoxy groups -OCH3 is 2. The average molecular weight is 545 g/mol. The lowest BCUT2D eigenvalue weighted by molar-refractivity contribution is -0.114. The zero-order valence-corrected chi connectivity index (χ0v) is 21.9. The monoisotopic (exact) mass is 544 g/mol. The Morgan fingerprint density at radius 1 is 1.00 bits per heavy atom. The summed E-state index contributed by atoms with van der Waals surface area (Å²) in [5, 5.41) is 13.4. The van der Waals surface area contributed by atoms with Crippen LogP contribution >= 0.6 is 11.8 Å². The maximum atomic E-state index is 12.6. The Labute approximate surface area is 218 Å². The van der Waals surface area contributed by atoms with E-state index >= 15 is 0 Å². The molecule has 0 atom stereocenters. The number of sulfone groups is 1. The predicted octanol–water partition coefficient (Wildman–Crippen LogP) is 3.17. The van der Waals surface area contributed by atoms with Crippen LogP contribution in [-0.2, 0) is 14.6 Å². The van der Waals surface area contributed by atoms with Gasteiger partial charge in [0.1, 0.15) is 11.5 Å². The molecular formula is C24H24N4O7S2. The van der Waals surface area contributed by atoms with Crippen LogP contribution in [-0.4, -0.2) is 68.4 Å². The number of hydrogen-bond acceptors (Lipinski definition) is 10. The fourth-order valence-electron chi connectivity index (χ4n) is 3.29. The molecule has 2 aromatic carbocycles. The number of hydrogen-bond donors (Lipinski definition) is 1. The van der Waals surface area contributed by atoms with Gasteiger partial charge >= 0.3 is 0 Å². The molecule has 37 heavy (non-hydrogen) atoms. The van der Waals surface area contributed by atoms with Gasteiger partial charge in [-0.05, 0) is 59.8 Å². The highest BCUT2D eigenvalue weighted by Crippen LogP contribution is 2.32. The molecule has 4 rings (SSSR count). The van der Waals surface area contributed by atoms with Gasteiger partial charge in [0.25, 0.3) is 5.91 Å². The first-order valence-electron chi connectivity index (χ1n) is 11.0. The first-order chi connectivity index (χ1) is 17.7. The standard InChI is InChI=1S/C24H24N4O7S2/c1-32-16-6-8-17(9-7-16)34-11-4-12-35-19-10-5-15(14-20(19)33-2)13-18-21(25)28-23(26-22(18)29)36-24(27-28)37(3,30)31/h5-10,13-14,25H,4,11-12H2,1-3H3/b18-13-,25-21?. The van der Waals surface area contributed by atoms with Crippen LogP contribution in [0.15, 0.2) is 58.1 Å². The van der Waals surface area contributed by atoms with Crippen molar-refractivity contribution in [2.24, 2.45) is 10.1 Å². The van der Waals surface area contributed by atoms with Crippen molar-refractivity contribution in [1.82, 2.24) is 5.01 Å². The first-order valence-corrected chi connectivity index (χ1v) is 13.7. The number of fused-ring (bicyclic) bond motifs is 1. The van der Waals surface area contributed by atoms with Gasteiger partial charge in [-0.25, -0.2) is 8.42 Å². The zero-order chi connectivity index (χ0) is 26.6. The van der Waals surface area contributed by atoms with Crippen molar-refractivity contribution in [3.05, 3.63) is 53.6 Å². The van der Waals surface area contributed by atoms with Crippen LogP contribution in [0, 0.1) is 5.41 Å². The second-order valence-electron chi connectivity index (χ2n) is 7.79. The molecule has 2 heterocycles. The van der Waals surface area contributed by atoms with E-state index in [0.29, 0.717) is 36.7 Å². The maximum absolute atomic E-state index is 12.6. The highest BCUT2D eigenvalue weighted by Gasteiger charge is 2.38. The number of aliphatic imine (C=N–C) groups is 1. The van der Waals surface area contributed by atoms with E-state index in [9.17, 15) is 13.2 Å². The van der Waals surface area contributed by atoms with Crippen LogP contribution in [0.25, 0.3) is 6.08 Å². The fourth-order valence-corrected chi connectivity index (χ4v) is 4.97. The summed E-state index contributed by atoms with van der Waals surface area (Å²) in [4.78, 5) is 16.4. The molecule has 0 saturated carbocycles. The average Bonchev–Trinajstić information content (AvgIpc) is 3.32. The Morgan fingerprint density at radius 2 is 1.70 bits per heavy atom. The number of amides is 1. The highest BCUT2D eigenvalue weighted by molar-refractivity contribution is 8.42. The van der Waals surface area contributed by atoms with E-state index in [2.05, 4.69) is 10.1 Å². The van der Waals surface area contributed by atoms with Gasteiger partial charge in [-0.15, -0.1) is 5.10 Å². The molecule has 1 N–H and O–H groups in total. The van der Waals surface area contributed by atoms with Gasteiger partial charge in [-0.3, -0.25) is 10.2 Å². The topological polar surface area (TPSA) is 140 Å². The first kappa shape index (κ1) is 26.2. The number of hydrazone groups is 1. The Balaban J connectivity index is 1.39. The lowest BCUT2D eigenvalue weighted by Gasteiger charge is -2.20. The number of carbonyl (C=O) groups excluding carboxylic acids is 1. The molecule has 0 aromatic heterocycles. The fraction of sp³-hybridized carbons (Fsp3) is 0.250. The van der Waals surface area contributed by atoms with Crippen molar-refractivity contribution in [3.8, 4) is 23.0 Å². The van der Waals surface area contributed by atoms with E-state index < -0.39 is 15.7 Å². The SMILES string of the molecule is COc1ccc(OCCCOc2ccc(/C=C3/C(=N)N4N=C(S(C)(=O)=O)SC4=NC3=O)cc2OC)cc1. The molecular weight excluding hydrogens is 520 g/mol. The summed E-state index contributed by atoms with van der Waals surface area (Å²) >= 11 is 0.735. The van der Waals surface area contributed by atoms with E-state index in [1.165, 1.54) is 13.2 Å². The molecule has 194 valence electrons. The summed E-state index contributed by atoms with van der Waals surface area (Å²) in [6.07, 6.45) is 3.11. The van der Waals surface area contributed by atoms with E-state index in [1.807, 2.05) is 24.3 Å². The van der Waals surface area contributed by atoms with Crippen molar-refractivity contribution in [1.29, 1.82) is 5.41 Å². The Hall–Kier alpha value is -3.84. The second kappa shape index (κ2) is 11.0. The molecule has 1 amide bonds. The van der Waals surface area contributed by atoms with Gasteiger partial charge in [0.2, 0.25) is 19.4 Å². The lowest BCUT2D eigenvalue weighted by Crippen LogP contribution is -2.35. The molecule has 2 aromatic rings. The summed E-state index contributed by atoms with van der Waals surface area (Å²) in [5.41, 5.74) is 0.534. The van der Waals surface area contributed by atoms with Crippen molar-refractivity contribution >= 4 is 49.0 Å². The summed E-state index contributed by atoms with van der Waals surface area (Å²) in [7, 11) is -0.494. The molecule has 13 heteroatoms. The number of benzene rings is 2. The molecule has 0 spiro atoms. The number of amidine groups is 2. The van der Waals surface area contributed by atoms with E-state index in [0.717, 1.165) is 34.5 Å². The summed E-state index contributed by atoms with van der Waals surface area (Å²) in [6, 6.07) is 12.4. The molecule has 2 aliphatic heterocycles. The smallest absolute Gasteiger partial charge is 0.283 e. The van der Waals surface area contributed by atoms with E-state index in [-0.39, 0.29) is 21.0 Å². The minimum absolute atomic E-state index is 0.0323. The van der Waals surface area contributed by atoms with Crippen molar-refractivity contribution in [3.63, 3.8) is 0 Å². The normalized spacial score (nSPS) is 16.3. The highest BCUT2D eigenvalue weighted by atomic mass is 32.3. The molecule has 0 aliphatic carbocycles. The number of nitrogens with one attached hydrogen (secondary N) is 1. The molecule has 0 radical (unpaired) electrons. The number of carbonyl (C=O) groups is 1. The van der Waals surface area contributed by atoms with Gasteiger partial charge in [0, 0.05) is 12.7 Å². The van der Waals surface area contributed by atoms with Crippen molar-refractivity contribution in [2.45, 2.75) is 6.42 Å². The third-order valence-electron chi connectivity index (χ3n) is 5.13. The van der Waals surface area contributed by atoms with Gasteiger partial charge < -0.3 is 18.9 Å². The Morgan fingerprint density at radius 3 is 2.38 bits per heavy atom. The van der Waals surface area contributed by atoms with Crippen LogP contribution in [0.4, 0.5) is 0 Å². The molecule has 0 saturated heterocycles. The Bertz CT molecular complexity index is 1420. The Kier molecular flexibility index (Phi) is 7.83. The largest absolute Gasteiger partial charge is 0.497 e. The molecule has 11 nitrogen and oxygen atoms in total. The van der Waals surface area contributed by atoms with E-state index in [4.69, 9.17) is 24.4 Å². The molecule has 0 bridgehead atoms. The second-order valence-corrected chi connectivity index (χ2v) is 10.9. The number of nitrogens with zero attached hydrogens (tertiary/aromatic N) is 3. The van der Waals surface area contributed by atoms with Gasteiger partial charge in [0.05, 0.1) is 33.0 Å². The van der Waals surface area contributed by atoms with Crippen LogP contribution in [0.2, 0.25) is 0 Å². The summed E-state index contributed by atoms with van der Waals surface area (Å²) in [6.45, 7) is 0.852. The molecule has 0 fully saturated rings. The number of ether oxygens (including phenoxy) is 4. The van der Waals surface area contributed by atoms with Gasteiger partial charge in [-0.1, -0.05) is 6.07 Å².